The molecule has 0 saturated heterocycles. The summed E-state index contributed by atoms with van der Waals surface area (Å²) < 4.78 is 0. The molecule has 1 atom stereocenters. The number of benzene rings is 1. The first-order valence-corrected chi connectivity index (χ1v) is 9.67. The Hall–Kier alpha value is -3.42. The van der Waals surface area contributed by atoms with E-state index in [1.807, 2.05) is 45.2 Å². The van der Waals surface area contributed by atoms with Gasteiger partial charge in [0.1, 0.15) is 6.04 Å². The molecule has 1 aliphatic rings. The highest BCUT2D eigenvalue weighted by molar-refractivity contribution is 6.05. The molecule has 0 saturated carbocycles. The number of aromatic amines is 1. The molecule has 29 heavy (non-hydrogen) atoms. The van der Waals surface area contributed by atoms with Crippen LogP contribution in [0.25, 0.3) is 11.3 Å². The topological polar surface area (TPSA) is 90.0 Å². The number of nitrogens with one attached hydrogen (secondary N) is 2. The third kappa shape index (κ3) is 3.30. The predicted octanol–water partition coefficient (Wildman–Crippen LogP) is 3.50. The molecule has 0 radical (unpaired) electrons. The summed E-state index contributed by atoms with van der Waals surface area (Å²) in [5.74, 6) is 0.603. The van der Waals surface area contributed by atoms with Crippen molar-refractivity contribution in [3.63, 3.8) is 0 Å². The van der Waals surface area contributed by atoms with Crippen molar-refractivity contribution in [2.45, 2.75) is 39.8 Å². The zero-order valence-corrected chi connectivity index (χ0v) is 17.3. The van der Waals surface area contributed by atoms with Gasteiger partial charge in [-0.05, 0) is 52.0 Å². The number of carbonyl (C=O) groups excluding carboxylic acids is 1. The number of likely N-dealkylation sites (N-methyl/N-ethyl adjacent to an activating group) is 1. The molecule has 0 unspecified atom stereocenters. The van der Waals surface area contributed by atoms with Crippen molar-refractivity contribution in [1.29, 1.82) is 0 Å². The molecule has 1 aromatic carbocycles. The molecule has 3 heterocycles. The maximum Gasteiger partial charge on any atom is 0.249 e. The van der Waals surface area contributed by atoms with Gasteiger partial charge in [0.2, 0.25) is 11.9 Å². The predicted molar refractivity (Wildman–Crippen MR) is 115 cm³/mol. The molecule has 4 rings (SSSR count). The number of aromatic nitrogens is 4. The number of carbonyl (C=O) groups is 1. The minimum atomic E-state index is -0.216. The lowest BCUT2D eigenvalue weighted by Crippen LogP contribution is -2.53. The van der Waals surface area contributed by atoms with Gasteiger partial charge in [0.05, 0.1) is 23.3 Å². The number of hydrogen-bond donors (Lipinski definition) is 2. The van der Waals surface area contributed by atoms with E-state index in [2.05, 4.69) is 44.2 Å². The fourth-order valence-corrected chi connectivity index (χ4v) is 3.85. The maximum absolute atomic E-state index is 12.6. The SMILES string of the molecule is Cc1[nH]ncc1-c1ccnc(Nc2ccc3c(c2)N(C(C)C)[C@H](C)C(=O)N3C)n1. The van der Waals surface area contributed by atoms with Crippen molar-refractivity contribution in [2.24, 2.45) is 0 Å². The normalized spacial score (nSPS) is 16.3. The van der Waals surface area contributed by atoms with Gasteiger partial charge >= 0.3 is 0 Å². The summed E-state index contributed by atoms with van der Waals surface area (Å²) in [6.07, 6.45) is 3.49. The highest BCUT2D eigenvalue weighted by Gasteiger charge is 2.34. The van der Waals surface area contributed by atoms with Gasteiger partial charge in [-0.15, -0.1) is 0 Å². The summed E-state index contributed by atoms with van der Waals surface area (Å²) in [5, 5.41) is 10.3. The van der Waals surface area contributed by atoms with E-state index in [0.717, 1.165) is 34.0 Å². The van der Waals surface area contributed by atoms with Crippen LogP contribution < -0.4 is 15.1 Å². The molecule has 2 aromatic heterocycles. The molecule has 3 aromatic rings. The van der Waals surface area contributed by atoms with E-state index in [4.69, 9.17) is 0 Å². The average molecular weight is 391 g/mol. The number of fused-ring (bicyclic) bond motifs is 1. The Bertz CT molecular complexity index is 1060. The first-order valence-electron chi connectivity index (χ1n) is 9.67. The lowest BCUT2D eigenvalue weighted by Gasteiger charge is -2.42. The molecule has 0 spiro atoms. The number of rotatable bonds is 4. The van der Waals surface area contributed by atoms with Gasteiger partial charge in [0.25, 0.3) is 0 Å². The van der Waals surface area contributed by atoms with Crippen LogP contribution in [0.4, 0.5) is 23.0 Å². The van der Waals surface area contributed by atoms with Crippen molar-refractivity contribution in [3.8, 4) is 11.3 Å². The van der Waals surface area contributed by atoms with Gasteiger partial charge in [-0.25, -0.2) is 9.97 Å². The monoisotopic (exact) mass is 391 g/mol. The number of nitrogens with zero attached hydrogens (tertiary/aromatic N) is 5. The van der Waals surface area contributed by atoms with Crippen LogP contribution in [0.5, 0.6) is 0 Å². The Kier molecular flexibility index (Phi) is 4.70. The van der Waals surface area contributed by atoms with E-state index in [-0.39, 0.29) is 18.0 Å². The second-order valence-corrected chi connectivity index (χ2v) is 7.58. The minimum Gasteiger partial charge on any atom is -0.356 e. The summed E-state index contributed by atoms with van der Waals surface area (Å²) in [7, 11) is 1.82. The van der Waals surface area contributed by atoms with E-state index in [9.17, 15) is 4.79 Å². The molecule has 0 aliphatic carbocycles. The van der Waals surface area contributed by atoms with E-state index in [0.29, 0.717) is 5.95 Å². The van der Waals surface area contributed by atoms with Gasteiger partial charge in [-0.1, -0.05) is 0 Å². The van der Waals surface area contributed by atoms with Crippen molar-refractivity contribution in [2.75, 3.05) is 22.2 Å². The van der Waals surface area contributed by atoms with Gasteiger partial charge in [0.15, 0.2) is 0 Å². The highest BCUT2D eigenvalue weighted by atomic mass is 16.2. The summed E-state index contributed by atoms with van der Waals surface area (Å²) in [6, 6.07) is 7.79. The number of anilines is 4. The lowest BCUT2D eigenvalue weighted by atomic mass is 10.0. The second-order valence-electron chi connectivity index (χ2n) is 7.58. The fourth-order valence-electron chi connectivity index (χ4n) is 3.85. The number of aryl methyl sites for hydroxylation is 1. The van der Waals surface area contributed by atoms with Crippen LogP contribution in [0.2, 0.25) is 0 Å². The van der Waals surface area contributed by atoms with Gasteiger partial charge in [-0.3, -0.25) is 9.89 Å². The van der Waals surface area contributed by atoms with Crippen LogP contribution in [0, 0.1) is 6.92 Å². The zero-order chi connectivity index (χ0) is 20.7. The van der Waals surface area contributed by atoms with E-state index < -0.39 is 0 Å². The molecular weight excluding hydrogens is 366 g/mol. The van der Waals surface area contributed by atoms with E-state index in [1.54, 1.807) is 17.3 Å². The smallest absolute Gasteiger partial charge is 0.249 e. The molecule has 0 bridgehead atoms. The van der Waals surface area contributed by atoms with Crippen LogP contribution in [0.1, 0.15) is 26.5 Å². The Labute approximate surface area is 170 Å². The van der Waals surface area contributed by atoms with Gasteiger partial charge < -0.3 is 15.1 Å². The number of amides is 1. The Morgan fingerprint density at radius 1 is 1.21 bits per heavy atom. The first kappa shape index (κ1) is 18.9. The van der Waals surface area contributed by atoms with Crippen LogP contribution in [-0.2, 0) is 4.79 Å². The maximum atomic E-state index is 12.6. The third-order valence-corrected chi connectivity index (χ3v) is 5.29. The standard InChI is InChI=1S/C21H25N7O/c1-12(2)28-14(4)20(29)27(5)18-7-6-15(10-19(18)28)24-21-22-9-8-17(25-21)16-11-23-26-13(16)3/h6-12,14H,1-5H3,(H,23,26)(H,22,24,25)/t14-/m1/s1. The molecule has 0 fully saturated rings. The van der Waals surface area contributed by atoms with Crippen LogP contribution >= 0.6 is 0 Å². The highest BCUT2D eigenvalue weighted by Crippen LogP contribution is 2.39. The average Bonchev–Trinajstić information content (AvgIpc) is 3.12. The second kappa shape index (κ2) is 7.20. The molecule has 2 N–H and O–H groups in total. The summed E-state index contributed by atoms with van der Waals surface area (Å²) in [6.45, 7) is 8.10. The van der Waals surface area contributed by atoms with E-state index in [1.165, 1.54) is 0 Å². The minimum absolute atomic E-state index is 0.0958. The third-order valence-electron chi connectivity index (χ3n) is 5.29. The quantitative estimate of drug-likeness (QED) is 0.707. The van der Waals surface area contributed by atoms with Crippen molar-refractivity contribution in [1.82, 2.24) is 20.2 Å². The van der Waals surface area contributed by atoms with E-state index >= 15 is 0 Å². The van der Waals surface area contributed by atoms with Crippen molar-refractivity contribution < 1.29 is 4.79 Å². The Morgan fingerprint density at radius 2 is 2.00 bits per heavy atom. The molecule has 150 valence electrons. The van der Waals surface area contributed by atoms with Crippen LogP contribution in [0.15, 0.2) is 36.7 Å². The Morgan fingerprint density at radius 3 is 2.69 bits per heavy atom. The lowest BCUT2D eigenvalue weighted by molar-refractivity contribution is -0.119. The van der Waals surface area contributed by atoms with Crippen molar-refractivity contribution in [3.05, 3.63) is 42.4 Å². The fraction of sp³-hybridized carbons (Fsp3) is 0.333. The molecule has 8 heteroatoms. The summed E-state index contributed by atoms with van der Waals surface area (Å²) >= 11 is 0. The van der Waals surface area contributed by atoms with Crippen LogP contribution in [0.3, 0.4) is 0 Å². The first-order chi connectivity index (χ1) is 13.9. The van der Waals surface area contributed by atoms with Crippen LogP contribution in [-0.4, -0.2) is 45.2 Å². The van der Waals surface area contributed by atoms with Gasteiger partial charge in [-0.2, -0.15) is 5.10 Å². The molecule has 8 nitrogen and oxygen atoms in total. The molecular formula is C21H25N7O. The van der Waals surface area contributed by atoms with Crippen molar-refractivity contribution >= 4 is 28.9 Å². The van der Waals surface area contributed by atoms with Gasteiger partial charge in [0, 0.05) is 36.2 Å². The Balaban J connectivity index is 1.68. The number of hydrogen-bond acceptors (Lipinski definition) is 6. The summed E-state index contributed by atoms with van der Waals surface area (Å²) in [4.78, 5) is 25.4. The largest absolute Gasteiger partial charge is 0.356 e. The molecule has 1 amide bonds. The molecule has 1 aliphatic heterocycles. The number of H-pyrrole nitrogens is 1. The zero-order valence-electron chi connectivity index (χ0n) is 17.3. The summed E-state index contributed by atoms with van der Waals surface area (Å²) in [5.41, 5.74) is 5.48.